The zero-order valence-corrected chi connectivity index (χ0v) is 11.4. The van der Waals surface area contributed by atoms with Gasteiger partial charge in [-0.25, -0.2) is 4.79 Å². The zero-order valence-electron chi connectivity index (χ0n) is 11.4. The molecule has 1 aromatic rings. The summed E-state index contributed by atoms with van der Waals surface area (Å²) < 4.78 is 0. The standard InChI is InChI=1S/C16H19NO3/c18-13(17-16(14(19)20)10-5-11-16)15(8-4-9-15)12-6-2-1-3-7-12/h1-3,6-7H,4-5,8-11H2,(H,17,18)(H,19,20). The lowest BCUT2D eigenvalue weighted by molar-refractivity contribution is -0.153. The van der Waals surface area contributed by atoms with E-state index in [0.717, 1.165) is 31.2 Å². The second-order valence-corrected chi connectivity index (χ2v) is 6.00. The van der Waals surface area contributed by atoms with Gasteiger partial charge in [-0.05, 0) is 37.7 Å². The first-order valence-electron chi connectivity index (χ1n) is 7.21. The van der Waals surface area contributed by atoms with E-state index in [9.17, 15) is 14.7 Å². The number of aliphatic carboxylic acids is 1. The molecule has 4 nitrogen and oxygen atoms in total. The summed E-state index contributed by atoms with van der Waals surface area (Å²) in [4.78, 5) is 24.1. The first-order chi connectivity index (χ1) is 9.59. The molecule has 0 atom stereocenters. The van der Waals surface area contributed by atoms with Gasteiger partial charge < -0.3 is 10.4 Å². The van der Waals surface area contributed by atoms with Gasteiger partial charge in [-0.3, -0.25) is 4.79 Å². The normalized spacial score (nSPS) is 22.2. The number of carbonyl (C=O) groups is 2. The van der Waals surface area contributed by atoms with Crippen molar-refractivity contribution >= 4 is 11.9 Å². The molecule has 0 aromatic heterocycles. The van der Waals surface area contributed by atoms with Crippen LogP contribution in [0.3, 0.4) is 0 Å². The van der Waals surface area contributed by atoms with E-state index in [0.29, 0.717) is 12.8 Å². The van der Waals surface area contributed by atoms with E-state index in [1.165, 1.54) is 0 Å². The molecule has 20 heavy (non-hydrogen) atoms. The highest BCUT2D eigenvalue weighted by Crippen LogP contribution is 2.45. The summed E-state index contributed by atoms with van der Waals surface area (Å²) in [6.07, 6.45) is 4.57. The number of amides is 1. The Hall–Kier alpha value is -1.84. The van der Waals surface area contributed by atoms with Crippen molar-refractivity contribution in [3.05, 3.63) is 35.9 Å². The third-order valence-electron chi connectivity index (χ3n) is 4.94. The van der Waals surface area contributed by atoms with E-state index in [1.54, 1.807) is 0 Å². The number of carboxylic acids is 1. The number of hydrogen-bond donors (Lipinski definition) is 2. The van der Waals surface area contributed by atoms with Crippen molar-refractivity contribution in [3.63, 3.8) is 0 Å². The molecule has 4 heteroatoms. The maximum absolute atomic E-state index is 12.7. The maximum atomic E-state index is 12.7. The fourth-order valence-corrected chi connectivity index (χ4v) is 3.19. The predicted octanol–water partition coefficient (Wildman–Crippen LogP) is 2.23. The molecule has 0 bridgehead atoms. The SMILES string of the molecule is O=C(O)C1(NC(=O)C2(c3ccccc3)CCC2)CCC1. The number of carboxylic acid groups (broad SMARTS) is 1. The minimum atomic E-state index is -1.02. The van der Waals surface area contributed by atoms with Gasteiger partial charge in [-0.15, -0.1) is 0 Å². The van der Waals surface area contributed by atoms with Crippen LogP contribution in [0, 0.1) is 0 Å². The van der Waals surface area contributed by atoms with Crippen LogP contribution in [0.5, 0.6) is 0 Å². The molecular formula is C16H19NO3. The lowest BCUT2D eigenvalue weighted by Gasteiger charge is -2.45. The van der Waals surface area contributed by atoms with E-state index >= 15 is 0 Å². The van der Waals surface area contributed by atoms with Crippen LogP contribution in [0.2, 0.25) is 0 Å². The van der Waals surface area contributed by atoms with Crippen LogP contribution in [0.1, 0.15) is 44.1 Å². The summed E-state index contributed by atoms with van der Waals surface area (Å²) in [5, 5.41) is 12.2. The van der Waals surface area contributed by atoms with Crippen molar-refractivity contribution in [2.45, 2.75) is 49.5 Å². The van der Waals surface area contributed by atoms with Crippen molar-refractivity contribution in [3.8, 4) is 0 Å². The number of hydrogen-bond acceptors (Lipinski definition) is 2. The molecule has 2 N–H and O–H groups in total. The number of benzene rings is 1. The molecule has 1 aromatic carbocycles. The van der Waals surface area contributed by atoms with Gasteiger partial charge in [0.05, 0.1) is 5.41 Å². The van der Waals surface area contributed by atoms with Gasteiger partial charge in [0.15, 0.2) is 0 Å². The quantitative estimate of drug-likeness (QED) is 0.884. The summed E-state index contributed by atoms with van der Waals surface area (Å²) in [6, 6.07) is 9.72. The van der Waals surface area contributed by atoms with Gasteiger partial charge in [0.2, 0.25) is 5.91 Å². The minimum absolute atomic E-state index is 0.114. The zero-order chi connectivity index (χ0) is 14.2. The average Bonchev–Trinajstić information content (AvgIpc) is 2.33. The van der Waals surface area contributed by atoms with Crippen LogP contribution in [-0.4, -0.2) is 22.5 Å². The Morgan fingerprint density at radius 3 is 2.00 bits per heavy atom. The summed E-state index contributed by atoms with van der Waals surface area (Å²) in [7, 11) is 0. The average molecular weight is 273 g/mol. The van der Waals surface area contributed by atoms with E-state index in [4.69, 9.17) is 0 Å². The fraction of sp³-hybridized carbons (Fsp3) is 0.500. The van der Waals surface area contributed by atoms with Crippen LogP contribution < -0.4 is 5.32 Å². The molecule has 0 unspecified atom stereocenters. The molecule has 0 heterocycles. The number of nitrogens with one attached hydrogen (secondary N) is 1. The number of carbonyl (C=O) groups excluding carboxylic acids is 1. The van der Waals surface area contributed by atoms with Crippen LogP contribution in [0.25, 0.3) is 0 Å². The molecule has 2 saturated carbocycles. The van der Waals surface area contributed by atoms with Crippen LogP contribution >= 0.6 is 0 Å². The van der Waals surface area contributed by atoms with Gasteiger partial charge in [0.1, 0.15) is 5.54 Å². The van der Waals surface area contributed by atoms with Crippen molar-refractivity contribution < 1.29 is 14.7 Å². The van der Waals surface area contributed by atoms with E-state index in [2.05, 4.69) is 5.32 Å². The Bertz CT molecular complexity index is 530. The van der Waals surface area contributed by atoms with E-state index < -0.39 is 16.9 Å². The second kappa shape index (κ2) is 4.62. The topological polar surface area (TPSA) is 66.4 Å². The molecule has 1 amide bonds. The van der Waals surface area contributed by atoms with Gasteiger partial charge in [0, 0.05) is 0 Å². The molecule has 0 spiro atoms. The summed E-state index contributed by atoms with van der Waals surface area (Å²) in [5.41, 5.74) is -0.531. The van der Waals surface area contributed by atoms with Crippen molar-refractivity contribution in [2.24, 2.45) is 0 Å². The Morgan fingerprint density at radius 2 is 1.60 bits per heavy atom. The first-order valence-corrected chi connectivity index (χ1v) is 7.21. The highest BCUT2D eigenvalue weighted by atomic mass is 16.4. The maximum Gasteiger partial charge on any atom is 0.329 e. The smallest absolute Gasteiger partial charge is 0.329 e. The molecule has 2 aliphatic carbocycles. The molecule has 2 aliphatic rings. The molecule has 3 rings (SSSR count). The lowest BCUT2D eigenvalue weighted by Crippen LogP contribution is -2.63. The second-order valence-electron chi connectivity index (χ2n) is 6.00. The number of rotatable bonds is 4. The van der Waals surface area contributed by atoms with E-state index in [1.807, 2.05) is 30.3 Å². The van der Waals surface area contributed by atoms with Crippen LogP contribution in [0.4, 0.5) is 0 Å². The third kappa shape index (κ3) is 1.82. The van der Waals surface area contributed by atoms with Gasteiger partial charge in [0.25, 0.3) is 0 Å². The largest absolute Gasteiger partial charge is 0.480 e. The summed E-state index contributed by atoms with van der Waals surface area (Å²) in [6.45, 7) is 0. The molecule has 2 fully saturated rings. The molecule has 106 valence electrons. The van der Waals surface area contributed by atoms with Crippen LogP contribution in [-0.2, 0) is 15.0 Å². The Morgan fingerprint density at radius 1 is 1.00 bits per heavy atom. The van der Waals surface area contributed by atoms with Crippen molar-refractivity contribution in [1.82, 2.24) is 5.32 Å². The molecule has 0 saturated heterocycles. The Labute approximate surface area is 118 Å². The summed E-state index contributed by atoms with van der Waals surface area (Å²) in [5.74, 6) is -1.02. The Balaban J connectivity index is 1.84. The highest BCUT2D eigenvalue weighted by molar-refractivity contribution is 5.94. The van der Waals surface area contributed by atoms with Gasteiger partial charge in [-0.1, -0.05) is 36.8 Å². The fourth-order valence-electron chi connectivity index (χ4n) is 3.19. The van der Waals surface area contributed by atoms with Gasteiger partial charge >= 0.3 is 5.97 Å². The first kappa shape index (κ1) is 13.2. The monoisotopic (exact) mass is 273 g/mol. The van der Waals surface area contributed by atoms with Gasteiger partial charge in [-0.2, -0.15) is 0 Å². The minimum Gasteiger partial charge on any atom is -0.480 e. The predicted molar refractivity (Wildman–Crippen MR) is 74.3 cm³/mol. The summed E-state index contributed by atoms with van der Waals surface area (Å²) >= 11 is 0. The molecule has 0 radical (unpaired) electrons. The Kier molecular flexibility index (Phi) is 3.04. The van der Waals surface area contributed by atoms with E-state index in [-0.39, 0.29) is 5.91 Å². The van der Waals surface area contributed by atoms with Crippen LogP contribution in [0.15, 0.2) is 30.3 Å². The molecule has 0 aliphatic heterocycles. The van der Waals surface area contributed by atoms with Crippen molar-refractivity contribution in [2.75, 3.05) is 0 Å². The highest BCUT2D eigenvalue weighted by Gasteiger charge is 2.52. The van der Waals surface area contributed by atoms with Crippen molar-refractivity contribution in [1.29, 1.82) is 0 Å². The molecular weight excluding hydrogens is 254 g/mol. The third-order valence-corrected chi connectivity index (χ3v) is 4.94. The lowest BCUT2D eigenvalue weighted by atomic mass is 9.63.